The third kappa shape index (κ3) is 2.52. The van der Waals surface area contributed by atoms with E-state index in [0.717, 1.165) is 5.23 Å². The Balaban J connectivity index is 2.99. The molecule has 0 aromatic rings. The zero-order valence-corrected chi connectivity index (χ0v) is 4.55. The van der Waals surface area contributed by atoms with Crippen molar-refractivity contribution in [2.24, 2.45) is 5.73 Å². The minimum absolute atomic E-state index is 0.243. The van der Waals surface area contributed by atoms with Crippen LogP contribution >= 0.6 is 0 Å². The van der Waals surface area contributed by atoms with Gasteiger partial charge in [0.25, 0.3) is 0 Å². The standard InChI is InChI=1S/C3H10N2O2/c1-6-5(3-4)7-2/h3-4H2,1-2H3. The number of hydrogen-bond donors (Lipinski definition) is 1. The van der Waals surface area contributed by atoms with Gasteiger partial charge in [-0.05, 0) is 0 Å². The maximum Gasteiger partial charge on any atom is 0.0986 e. The molecule has 0 rings (SSSR count). The van der Waals surface area contributed by atoms with Crippen molar-refractivity contribution in [3.05, 3.63) is 0 Å². The summed E-state index contributed by atoms with van der Waals surface area (Å²) in [6, 6.07) is 0. The Bertz CT molecular complexity index is 32.4. The molecule has 0 bridgehead atoms. The van der Waals surface area contributed by atoms with Crippen LogP contribution in [-0.4, -0.2) is 26.1 Å². The van der Waals surface area contributed by atoms with Crippen molar-refractivity contribution in [3.63, 3.8) is 0 Å². The van der Waals surface area contributed by atoms with Gasteiger partial charge in [0.15, 0.2) is 0 Å². The first-order chi connectivity index (χ1) is 3.35. The molecule has 0 heterocycles. The molecule has 0 aromatic heterocycles. The SMILES string of the molecule is CON(CN)OC. The average Bonchev–Trinajstić information content (AvgIpc) is 1.72. The molecule has 4 nitrogen and oxygen atoms in total. The lowest BCUT2D eigenvalue weighted by Crippen LogP contribution is -2.27. The fourth-order valence-corrected chi connectivity index (χ4v) is 0.224. The maximum absolute atomic E-state index is 5.07. The van der Waals surface area contributed by atoms with Gasteiger partial charge in [-0.3, -0.25) is 9.68 Å². The lowest BCUT2D eigenvalue weighted by atomic mass is 11.2. The number of rotatable bonds is 3. The first kappa shape index (κ1) is 6.84. The molecule has 0 amide bonds. The lowest BCUT2D eigenvalue weighted by molar-refractivity contribution is -0.341. The molecule has 0 unspecified atom stereocenters. The van der Waals surface area contributed by atoms with Crippen LogP contribution in [0.1, 0.15) is 0 Å². The summed E-state index contributed by atoms with van der Waals surface area (Å²) >= 11 is 0. The van der Waals surface area contributed by atoms with Gasteiger partial charge in [-0.2, -0.15) is 0 Å². The summed E-state index contributed by atoms with van der Waals surface area (Å²) in [5, 5.41) is 1.15. The van der Waals surface area contributed by atoms with Crippen molar-refractivity contribution < 1.29 is 9.68 Å². The topological polar surface area (TPSA) is 47.7 Å². The fraction of sp³-hybridized carbons (Fsp3) is 1.00. The number of hydroxylamine groups is 2. The van der Waals surface area contributed by atoms with E-state index in [1.54, 1.807) is 0 Å². The van der Waals surface area contributed by atoms with Gasteiger partial charge in [0.05, 0.1) is 20.9 Å². The second-order valence-corrected chi connectivity index (χ2v) is 0.880. The highest BCUT2D eigenvalue weighted by molar-refractivity contribution is 4.07. The van der Waals surface area contributed by atoms with Crippen LogP contribution in [0.4, 0.5) is 0 Å². The summed E-state index contributed by atoms with van der Waals surface area (Å²) in [4.78, 5) is 9.07. The molecule has 0 aliphatic rings. The molecule has 0 radical (unpaired) electrons. The summed E-state index contributed by atoms with van der Waals surface area (Å²) in [5.41, 5.74) is 5.07. The summed E-state index contributed by atoms with van der Waals surface area (Å²) in [7, 11) is 2.96. The normalized spacial score (nSPS) is 10.3. The van der Waals surface area contributed by atoms with E-state index in [-0.39, 0.29) is 6.67 Å². The van der Waals surface area contributed by atoms with Gasteiger partial charge in [-0.25, -0.2) is 0 Å². The first-order valence-corrected chi connectivity index (χ1v) is 1.91. The summed E-state index contributed by atoms with van der Waals surface area (Å²) in [6.07, 6.45) is 0. The van der Waals surface area contributed by atoms with E-state index >= 15 is 0 Å². The molecule has 44 valence electrons. The van der Waals surface area contributed by atoms with Crippen molar-refractivity contribution in [2.75, 3.05) is 20.9 Å². The minimum atomic E-state index is 0.243. The van der Waals surface area contributed by atoms with Crippen molar-refractivity contribution >= 4 is 0 Å². The molecule has 0 spiro atoms. The molecule has 4 heteroatoms. The molecule has 2 N–H and O–H groups in total. The quantitative estimate of drug-likeness (QED) is 0.383. The third-order valence-corrected chi connectivity index (χ3v) is 0.556. The van der Waals surface area contributed by atoms with E-state index in [1.807, 2.05) is 0 Å². The number of nitrogens with two attached hydrogens (primary N) is 1. The van der Waals surface area contributed by atoms with Gasteiger partial charge in [-0.15, -0.1) is 0 Å². The highest BCUT2D eigenvalue weighted by Crippen LogP contribution is 1.78. The number of nitrogens with zero attached hydrogens (tertiary/aromatic N) is 1. The van der Waals surface area contributed by atoms with Crippen LogP contribution in [0.5, 0.6) is 0 Å². The molecule has 7 heavy (non-hydrogen) atoms. The Morgan fingerprint density at radius 3 is 1.86 bits per heavy atom. The number of hydrogen-bond acceptors (Lipinski definition) is 4. The van der Waals surface area contributed by atoms with Gasteiger partial charge < -0.3 is 5.73 Å². The molecular formula is C3H10N2O2. The zero-order valence-electron chi connectivity index (χ0n) is 4.55. The van der Waals surface area contributed by atoms with Gasteiger partial charge in [0.2, 0.25) is 0 Å². The minimum Gasteiger partial charge on any atom is -0.314 e. The lowest BCUT2D eigenvalue weighted by Gasteiger charge is -2.11. The van der Waals surface area contributed by atoms with E-state index in [2.05, 4.69) is 9.68 Å². The maximum atomic E-state index is 5.07. The second-order valence-electron chi connectivity index (χ2n) is 0.880. The molecule has 0 saturated carbocycles. The van der Waals surface area contributed by atoms with Crippen molar-refractivity contribution in [3.8, 4) is 0 Å². The highest BCUT2D eigenvalue weighted by Gasteiger charge is 1.91. The average molecular weight is 106 g/mol. The van der Waals surface area contributed by atoms with Crippen LogP contribution < -0.4 is 5.73 Å². The van der Waals surface area contributed by atoms with E-state index in [0.29, 0.717) is 0 Å². The van der Waals surface area contributed by atoms with Gasteiger partial charge in [0, 0.05) is 0 Å². The molecule has 0 atom stereocenters. The smallest absolute Gasteiger partial charge is 0.0986 e. The fourth-order valence-electron chi connectivity index (χ4n) is 0.224. The van der Waals surface area contributed by atoms with E-state index in [4.69, 9.17) is 5.73 Å². The van der Waals surface area contributed by atoms with Crippen molar-refractivity contribution in [1.82, 2.24) is 5.23 Å². The first-order valence-electron chi connectivity index (χ1n) is 1.91. The van der Waals surface area contributed by atoms with Gasteiger partial charge in [-0.1, -0.05) is 5.23 Å². The van der Waals surface area contributed by atoms with Crippen LogP contribution in [0.3, 0.4) is 0 Å². The molecule has 0 aliphatic heterocycles. The Kier molecular flexibility index (Phi) is 3.92. The van der Waals surface area contributed by atoms with Crippen LogP contribution in [0.25, 0.3) is 0 Å². The molecule has 0 aliphatic carbocycles. The van der Waals surface area contributed by atoms with Crippen LogP contribution in [0, 0.1) is 0 Å². The Morgan fingerprint density at radius 1 is 1.43 bits per heavy atom. The molecule has 0 aromatic carbocycles. The van der Waals surface area contributed by atoms with Gasteiger partial charge in [0.1, 0.15) is 0 Å². The van der Waals surface area contributed by atoms with Crippen LogP contribution in [-0.2, 0) is 9.68 Å². The largest absolute Gasteiger partial charge is 0.314 e. The van der Waals surface area contributed by atoms with E-state index < -0.39 is 0 Å². The van der Waals surface area contributed by atoms with E-state index in [9.17, 15) is 0 Å². The Hall–Kier alpha value is -0.160. The van der Waals surface area contributed by atoms with Crippen molar-refractivity contribution in [1.29, 1.82) is 0 Å². The predicted octanol–water partition coefficient (Wildman–Crippen LogP) is -0.673. The van der Waals surface area contributed by atoms with E-state index in [1.165, 1.54) is 14.2 Å². The molecular weight excluding hydrogens is 96.0 g/mol. The zero-order chi connectivity index (χ0) is 5.70. The Morgan fingerprint density at radius 2 is 1.86 bits per heavy atom. The Labute approximate surface area is 42.7 Å². The van der Waals surface area contributed by atoms with Crippen molar-refractivity contribution in [2.45, 2.75) is 0 Å². The van der Waals surface area contributed by atoms with Gasteiger partial charge >= 0.3 is 0 Å². The van der Waals surface area contributed by atoms with Crippen LogP contribution in [0.15, 0.2) is 0 Å². The summed E-state index contributed by atoms with van der Waals surface area (Å²) in [6.45, 7) is 0.243. The van der Waals surface area contributed by atoms with Crippen LogP contribution in [0.2, 0.25) is 0 Å². The monoisotopic (exact) mass is 106 g/mol. The molecule has 0 fully saturated rings. The summed E-state index contributed by atoms with van der Waals surface area (Å²) in [5.74, 6) is 0. The highest BCUT2D eigenvalue weighted by atomic mass is 16.9. The summed E-state index contributed by atoms with van der Waals surface area (Å²) < 4.78 is 0. The third-order valence-electron chi connectivity index (χ3n) is 0.556. The molecule has 0 saturated heterocycles. The predicted molar refractivity (Wildman–Crippen MR) is 24.9 cm³/mol. The second kappa shape index (κ2) is 4.01.